The highest BCUT2D eigenvalue weighted by atomic mass is 32.2. The SMILES string of the molecule is Nc1nc2[nH]c(CCNS(=O)(=O)c3ccccc3C(=O)Nc3ccncc3)cc2c(=O)[nH]1. The van der Waals surface area contributed by atoms with E-state index in [1.807, 2.05) is 0 Å². The van der Waals surface area contributed by atoms with E-state index in [0.29, 0.717) is 22.4 Å². The van der Waals surface area contributed by atoms with Crippen molar-refractivity contribution in [2.45, 2.75) is 11.3 Å². The van der Waals surface area contributed by atoms with Crippen molar-refractivity contribution >= 4 is 38.6 Å². The first-order valence-electron chi connectivity index (χ1n) is 9.51. The molecule has 1 amide bonds. The summed E-state index contributed by atoms with van der Waals surface area (Å²) in [5, 5.41) is 2.98. The van der Waals surface area contributed by atoms with E-state index in [1.165, 1.54) is 30.6 Å². The molecule has 0 saturated heterocycles. The number of aromatic amines is 2. The molecular weight excluding hydrogens is 434 g/mol. The normalized spacial score (nSPS) is 11.5. The largest absolute Gasteiger partial charge is 0.369 e. The molecule has 0 atom stereocenters. The second-order valence-electron chi connectivity index (χ2n) is 6.84. The third-order valence-electron chi connectivity index (χ3n) is 4.62. The van der Waals surface area contributed by atoms with Crippen molar-refractivity contribution in [3.63, 3.8) is 0 Å². The molecule has 12 heteroatoms. The van der Waals surface area contributed by atoms with Crippen LogP contribution in [0.25, 0.3) is 11.0 Å². The number of aromatic nitrogens is 4. The maximum absolute atomic E-state index is 12.9. The second-order valence-corrected chi connectivity index (χ2v) is 8.58. The minimum Gasteiger partial charge on any atom is -0.369 e. The zero-order chi connectivity index (χ0) is 22.7. The topological polar surface area (TPSA) is 176 Å². The van der Waals surface area contributed by atoms with Gasteiger partial charge >= 0.3 is 0 Å². The molecule has 0 saturated carbocycles. The van der Waals surface area contributed by atoms with Gasteiger partial charge in [0.2, 0.25) is 16.0 Å². The van der Waals surface area contributed by atoms with Crippen LogP contribution in [0, 0.1) is 0 Å². The van der Waals surface area contributed by atoms with Gasteiger partial charge in [0.05, 0.1) is 15.8 Å². The molecule has 1 aromatic carbocycles. The van der Waals surface area contributed by atoms with Crippen LogP contribution in [-0.4, -0.2) is 40.8 Å². The smallest absolute Gasteiger partial charge is 0.261 e. The van der Waals surface area contributed by atoms with Crippen LogP contribution in [0.4, 0.5) is 11.6 Å². The van der Waals surface area contributed by atoms with Crippen molar-refractivity contribution in [2.24, 2.45) is 0 Å². The van der Waals surface area contributed by atoms with Gasteiger partial charge in [-0.3, -0.25) is 19.6 Å². The van der Waals surface area contributed by atoms with Crippen molar-refractivity contribution in [1.29, 1.82) is 0 Å². The van der Waals surface area contributed by atoms with Gasteiger partial charge in [-0.2, -0.15) is 4.98 Å². The molecule has 11 nitrogen and oxygen atoms in total. The molecule has 3 aromatic heterocycles. The van der Waals surface area contributed by atoms with Crippen LogP contribution in [0.1, 0.15) is 16.1 Å². The number of nitrogen functional groups attached to an aromatic ring is 1. The quantitative estimate of drug-likeness (QED) is 0.277. The highest BCUT2D eigenvalue weighted by Gasteiger charge is 2.22. The zero-order valence-corrected chi connectivity index (χ0v) is 17.4. The Morgan fingerprint density at radius 1 is 1.09 bits per heavy atom. The number of anilines is 2. The van der Waals surface area contributed by atoms with Gasteiger partial charge < -0.3 is 16.0 Å². The van der Waals surface area contributed by atoms with E-state index in [9.17, 15) is 18.0 Å². The lowest BCUT2D eigenvalue weighted by molar-refractivity contribution is 0.102. The number of pyridine rings is 1. The minimum atomic E-state index is -3.98. The summed E-state index contributed by atoms with van der Waals surface area (Å²) in [5.41, 5.74) is 6.57. The van der Waals surface area contributed by atoms with Crippen molar-refractivity contribution in [3.05, 3.63) is 76.5 Å². The van der Waals surface area contributed by atoms with Crippen LogP contribution >= 0.6 is 0 Å². The van der Waals surface area contributed by atoms with Crippen LogP contribution in [0.2, 0.25) is 0 Å². The predicted octanol–water partition coefficient (Wildman–Crippen LogP) is 1.00. The number of hydrogen-bond donors (Lipinski definition) is 5. The number of sulfonamides is 1. The zero-order valence-electron chi connectivity index (χ0n) is 16.6. The summed E-state index contributed by atoms with van der Waals surface area (Å²) in [4.78, 5) is 37.7. The Morgan fingerprint density at radius 2 is 1.84 bits per heavy atom. The van der Waals surface area contributed by atoms with E-state index in [4.69, 9.17) is 5.73 Å². The maximum Gasteiger partial charge on any atom is 0.261 e. The van der Waals surface area contributed by atoms with Gasteiger partial charge in [-0.05, 0) is 30.3 Å². The fourth-order valence-electron chi connectivity index (χ4n) is 3.15. The van der Waals surface area contributed by atoms with Gasteiger partial charge in [0, 0.05) is 36.7 Å². The molecule has 0 aliphatic carbocycles. The number of rotatable bonds is 7. The third-order valence-corrected chi connectivity index (χ3v) is 6.14. The molecule has 3 heterocycles. The molecule has 4 rings (SSSR count). The van der Waals surface area contributed by atoms with E-state index in [-0.39, 0.29) is 34.9 Å². The Balaban J connectivity index is 1.49. The number of carbonyl (C=O) groups excluding carboxylic acids is 1. The van der Waals surface area contributed by atoms with E-state index in [1.54, 1.807) is 24.3 Å². The average molecular weight is 453 g/mol. The molecule has 0 aliphatic heterocycles. The van der Waals surface area contributed by atoms with E-state index in [2.05, 4.69) is 30.0 Å². The number of nitrogens with two attached hydrogens (primary N) is 1. The molecule has 0 aliphatic rings. The fraction of sp³-hybridized carbons (Fsp3) is 0.100. The summed E-state index contributed by atoms with van der Waals surface area (Å²) in [6.07, 6.45) is 3.30. The van der Waals surface area contributed by atoms with E-state index < -0.39 is 15.9 Å². The lowest BCUT2D eigenvalue weighted by Gasteiger charge is -2.11. The summed E-state index contributed by atoms with van der Waals surface area (Å²) in [7, 11) is -3.98. The van der Waals surface area contributed by atoms with Gasteiger partial charge in [0.15, 0.2) is 0 Å². The van der Waals surface area contributed by atoms with Gasteiger partial charge in [0.1, 0.15) is 5.65 Å². The van der Waals surface area contributed by atoms with Crippen molar-refractivity contribution in [3.8, 4) is 0 Å². The number of nitrogens with zero attached hydrogens (tertiary/aromatic N) is 2. The molecule has 4 aromatic rings. The van der Waals surface area contributed by atoms with Gasteiger partial charge in [-0.15, -0.1) is 0 Å². The summed E-state index contributed by atoms with van der Waals surface area (Å²) in [6, 6.07) is 10.7. The van der Waals surface area contributed by atoms with Gasteiger partial charge in [-0.25, -0.2) is 13.1 Å². The lowest BCUT2D eigenvalue weighted by atomic mass is 10.2. The molecular formula is C20H19N7O4S. The Hall–Kier alpha value is -4.03. The average Bonchev–Trinajstić information content (AvgIpc) is 3.17. The first kappa shape index (κ1) is 21.2. The first-order valence-corrected chi connectivity index (χ1v) is 11.0. The Labute approximate surface area is 182 Å². The molecule has 32 heavy (non-hydrogen) atoms. The summed E-state index contributed by atoms with van der Waals surface area (Å²) in [6.45, 7) is 0.0306. The summed E-state index contributed by atoms with van der Waals surface area (Å²) >= 11 is 0. The van der Waals surface area contributed by atoms with E-state index in [0.717, 1.165) is 0 Å². The van der Waals surface area contributed by atoms with Gasteiger partial charge in [0.25, 0.3) is 11.5 Å². The minimum absolute atomic E-state index is 0.00799. The highest BCUT2D eigenvalue weighted by molar-refractivity contribution is 7.89. The third kappa shape index (κ3) is 4.50. The maximum atomic E-state index is 12.9. The Kier molecular flexibility index (Phi) is 5.71. The molecule has 0 spiro atoms. The van der Waals surface area contributed by atoms with Crippen LogP contribution < -0.4 is 21.3 Å². The number of fused-ring (bicyclic) bond motifs is 1. The Bertz CT molecular complexity index is 1450. The lowest BCUT2D eigenvalue weighted by Crippen LogP contribution is -2.28. The standard InChI is InChI=1S/C20H19N7O4S/c21-20-26-17-15(19(29)27-20)11-13(24-17)7-10-23-32(30,31)16-4-2-1-3-14(16)18(28)25-12-5-8-22-9-6-12/h1-6,8-9,11,23H,7,10H2,(H,22,25,28)(H4,21,24,26,27,29). The van der Waals surface area contributed by atoms with Crippen LogP contribution in [0.3, 0.4) is 0 Å². The number of nitrogens with one attached hydrogen (secondary N) is 4. The monoisotopic (exact) mass is 453 g/mol. The second kappa shape index (κ2) is 8.61. The van der Waals surface area contributed by atoms with Crippen LogP contribution in [-0.2, 0) is 16.4 Å². The summed E-state index contributed by atoms with van der Waals surface area (Å²) in [5.74, 6) is -0.575. The van der Waals surface area contributed by atoms with E-state index >= 15 is 0 Å². The van der Waals surface area contributed by atoms with Gasteiger partial charge in [-0.1, -0.05) is 12.1 Å². The number of carbonyl (C=O) groups is 1. The Morgan fingerprint density at radius 3 is 2.62 bits per heavy atom. The number of hydrogen-bond acceptors (Lipinski definition) is 7. The molecule has 0 radical (unpaired) electrons. The number of amides is 1. The number of H-pyrrole nitrogens is 2. The fourth-order valence-corrected chi connectivity index (χ4v) is 4.38. The molecule has 0 unspecified atom stereocenters. The molecule has 164 valence electrons. The highest BCUT2D eigenvalue weighted by Crippen LogP contribution is 2.18. The van der Waals surface area contributed by atoms with Crippen molar-refractivity contribution in [2.75, 3.05) is 17.6 Å². The van der Waals surface area contributed by atoms with Crippen molar-refractivity contribution < 1.29 is 13.2 Å². The first-order chi connectivity index (χ1) is 15.3. The van der Waals surface area contributed by atoms with Crippen molar-refractivity contribution in [1.82, 2.24) is 24.7 Å². The van der Waals surface area contributed by atoms with Crippen LogP contribution in [0.5, 0.6) is 0 Å². The molecule has 6 N–H and O–H groups in total. The molecule has 0 bridgehead atoms. The molecule has 0 fully saturated rings. The predicted molar refractivity (Wildman–Crippen MR) is 119 cm³/mol. The van der Waals surface area contributed by atoms with Crippen LogP contribution in [0.15, 0.2) is 64.5 Å². The number of benzene rings is 1. The summed E-state index contributed by atoms with van der Waals surface area (Å²) < 4.78 is 28.2.